The third kappa shape index (κ3) is 4.62. The molecule has 2 N–H and O–H groups in total. The van der Waals surface area contributed by atoms with Crippen LogP contribution in [0.25, 0.3) is 16.9 Å². The van der Waals surface area contributed by atoms with Crippen LogP contribution in [0.4, 0.5) is 0 Å². The Balaban J connectivity index is 1.55. The molecule has 3 heterocycles. The van der Waals surface area contributed by atoms with E-state index < -0.39 is 0 Å². The molecule has 0 unspecified atom stereocenters. The van der Waals surface area contributed by atoms with Crippen molar-refractivity contribution in [3.05, 3.63) is 65.7 Å². The summed E-state index contributed by atoms with van der Waals surface area (Å²) in [7, 11) is 1.63. The highest BCUT2D eigenvalue weighted by atomic mass is 32.2. The van der Waals surface area contributed by atoms with E-state index in [0.29, 0.717) is 0 Å². The van der Waals surface area contributed by atoms with Crippen molar-refractivity contribution in [3.63, 3.8) is 0 Å². The fourth-order valence-electron chi connectivity index (χ4n) is 3.66. The fourth-order valence-corrected chi connectivity index (χ4v) is 4.13. The number of pyridine rings is 1. The summed E-state index contributed by atoms with van der Waals surface area (Å²) in [6.07, 6.45) is 4.95. The van der Waals surface area contributed by atoms with E-state index in [1.807, 2.05) is 60.0 Å². The second kappa shape index (κ2) is 9.86. The molecule has 0 aliphatic carbocycles. The molecule has 1 atom stereocenters. The zero-order valence-corrected chi connectivity index (χ0v) is 19.1. The predicted octanol–water partition coefficient (Wildman–Crippen LogP) is 3.59. The van der Waals surface area contributed by atoms with E-state index in [1.54, 1.807) is 18.9 Å². The van der Waals surface area contributed by atoms with Crippen molar-refractivity contribution in [1.29, 1.82) is 0 Å². The van der Waals surface area contributed by atoms with E-state index in [9.17, 15) is 4.79 Å². The Morgan fingerprint density at radius 1 is 1.22 bits per heavy atom. The molecule has 1 amide bonds. The zero-order chi connectivity index (χ0) is 22.5. The molecule has 4 rings (SSSR count). The van der Waals surface area contributed by atoms with Gasteiger partial charge in [-0.25, -0.2) is 0 Å². The molecule has 0 saturated heterocycles. The van der Waals surface area contributed by atoms with Gasteiger partial charge in [-0.1, -0.05) is 6.07 Å². The van der Waals surface area contributed by atoms with E-state index in [1.165, 1.54) is 0 Å². The Bertz CT molecular complexity index is 1200. The summed E-state index contributed by atoms with van der Waals surface area (Å²) in [5.74, 6) is 2.33. The minimum Gasteiger partial charge on any atom is -0.497 e. The average molecular weight is 451 g/mol. The van der Waals surface area contributed by atoms with Crippen molar-refractivity contribution in [2.75, 3.05) is 19.1 Å². The van der Waals surface area contributed by atoms with Gasteiger partial charge in [0.25, 0.3) is 0 Å². The van der Waals surface area contributed by atoms with Crippen LogP contribution in [0.3, 0.4) is 0 Å². The van der Waals surface area contributed by atoms with Gasteiger partial charge in [0.15, 0.2) is 11.5 Å². The summed E-state index contributed by atoms with van der Waals surface area (Å²) < 4.78 is 7.17. The number of hydrogen-bond donors (Lipinski definition) is 2. The largest absolute Gasteiger partial charge is 0.497 e. The van der Waals surface area contributed by atoms with E-state index >= 15 is 0 Å². The lowest BCUT2D eigenvalue weighted by Crippen LogP contribution is -2.31. The number of H-pyrrole nitrogens is 1. The molecule has 0 aliphatic rings. The van der Waals surface area contributed by atoms with Crippen molar-refractivity contribution in [1.82, 2.24) is 30.1 Å². The first-order valence-corrected chi connectivity index (χ1v) is 11.8. The number of benzene rings is 1. The van der Waals surface area contributed by atoms with Crippen LogP contribution >= 0.6 is 11.8 Å². The van der Waals surface area contributed by atoms with Gasteiger partial charge < -0.3 is 10.1 Å². The molecule has 4 aromatic rings. The van der Waals surface area contributed by atoms with Gasteiger partial charge in [-0.3, -0.25) is 14.3 Å². The van der Waals surface area contributed by atoms with Gasteiger partial charge in [0.2, 0.25) is 5.91 Å². The van der Waals surface area contributed by atoms with Gasteiger partial charge >= 0.3 is 0 Å². The van der Waals surface area contributed by atoms with E-state index in [0.717, 1.165) is 51.9 Å². The monoisotopic (exact) mass is 450 g/mol. The molecular formula is C23H26N6O2S. The first-order chi connectivity index (χ1) is 15.6. The number of methoxy groups -OCH3 is 1. The van der Waals surface area contributed by atoms with Gasteiger partial charge in [-0.2, -0.15) is 16.9 Å². The molecule has 166 valence electrons. The summed E-state index contributed by atoms with van der Waals surface area (Å²) in [5.41, 5.74) is 4.22. The number of aryl methyl sites for hydroxylation is 1. The van der Waals surface area contributed by atoms with E-state index in [-0.39, 0.29) is 18.4 Å². The summed E-state index contributed by atoms with van der Waals surface area (Å²) in [6, 6.07) is 13.2. The van der Waals surface area contributed by atoms with Crippen LogP contribution in [0, 0.1) is 6.92 Å². The van der Waals surface area contributed by atoms with Gasteiger partial charge in [-0.05, 0) is 61.8 Å². The third-order valence-corrected chi connectivity index (χ3v) is 6.02. The Morgan fingerprint density at radius 2 is 2.03 bits per heavy atom. The maximum absolute atomic E-state index is 13.1. The van der Waals surface area contributed by atoms with Crippen LogP contribution in [0.1, 0.15) is 29.5 Å². The van der Waals surface area contributed by atoms with Gasteiger partial charge in [0.1, 0.15) is 5.75 Å². The molecular weight excluding hydrogens is 424 g/mol. The second-order valence-corrected chi connectivity index (χ2v) is 8.46. The Labute approximate surface area is 190 Å². The first kappa shape index (κ1) is 21.9. The molecule has 3 aromatic heterocycles. The molecule has 0 bridgehead atoms. The average Bonchev–Trinajstić information content (AvgIpc) is 3.40. The smallest absolute Gasteiger partial charge is 0.225 e. The van der Waals surface area contributed by atoms with Gasteiger partial charge in [0, 0.05) is 23.0 Å². The third-order valence-electron chi connectivity index (χ3n) is 5.37. The number of carbonyl (C=O) groups is 1. The lowest BCUT2D eigenvalue weighted by molar-refractivity contribution is -0.121. The van der Waals surface area contributed by atoms with Crippen LogP contribution in [0.5, 0.6) is 5.75 Å². The predicted molar refractivity (Wildman–Crippen MR) is 126 cm³/mol. The molecule has 32 heavy (non-hydrogen) atoms. The van der Waals surface area contributed by atoms with Crippen molar-refractivity contribution in [2.24, 2.45) is 0 Å². The number of aromatic amines is 1. The number of fused-ring (bicyclic) bond motifs is 1. The minimum absolute atomic E-state index is 0.0805. The molecule has 0 spiro atoms. The second-order valence-electron chi connectivity index (χ2n) is 7.47. The molecule has 1 aromatic carbocycles. The van der Waals surface area contributed by atoms with Crippen LogP contribution in [0.2, 0.25) is 0 Å². The molecule has 0 radical (unpaired) electrons. The summed E-state index contributed by atoms with van der Waals surface area (Å²) in [5, 5.41) is 19.2. The number of amides is 1. The molecule has 0 aliphatic heterocycles. The Kier molecular flexibility index (Phi) is 6.75. The SMILES string of the molecule is COc1ccc(-c2n[nH]c(C)c2CC(=O)N[C@H](CCSC)c2nnc3ccccn23)cc1. The zero-order valence-electron chi connectivity index (χ0n) is 18.3. The Hall–Kier alpha value is -3.33. The lowest BCUT2D eigenvalue weighted by atomic mass is 10.0. The normalized spacial score (nSPS) is 12.1. The van der Waals surface area contributed by atoms with Crippen molar-refractivity contribution < 1.29 is 9.53 Å². The van der Waals surface area contributed by atoms with Crippen LogP contribution < -0.4 is 10.1 Å². The standard InChI is InChI=1S/C23H26N6O2S/c1-15-18(22(27-25-15)16-7-9-17(31-2)10-8-16)14-21(30)24-19(11-13-32-3)23-28-26-20-6-4-5-12-29(20)23/h4-10,12,19H,11,13-14H2,1-3H3,(H,24,30)(H,25,27)/t19-/m1/s1. The lowest BCUT2D eigenvalue weighted by Gasteiger charge is -2.17. The molecule has 0 saturated carbocycles. The number of hydrogen-bond acceptors (Lipinski definition) is 6. The highest BCUT2D eigenvalue weighted by molar-refractivity contribution is 7.98. The summed E-state index contributed by atoms with van der Waals surface area (Å²) in [4.78, 5) is 13.1. The maximum Gasteiger partial charge on any atom is 0.225 e. The summed E-state index contributed by atoms with van der Waals surface area (Å²) >= 11 is 1.74. The number of rotatable bonds is 9. The number of aromatic nitrogens is 5. The van der Waals surface area contributed by atoms with Crippen molar-refractivity contribution in [2.45, 2.75) is 25.8 Å². The van der Waals surface area contributed by atoms with Gasteiger partial charge in [0.05, 0.1) is 25.3 Å². The number of thioether (sulfide) groups is 1. The fraction of sp³-hybridized carbons (Fsp3) is 0.304. The van der Waals surface area contributed by atoms with Crippen molar-refractivity contribution >= 4 is 23.3 Å². The quantitative estimate of drug-likeness (QED) is 0.404. The maximum atomic E-state index is 13.1. The highest BCUT2D eigenvalue weighted by Crippen LogP contribution is 2.26. The van der Waals surface area contributed by atoms with Gasteiger partial charge in [-0.15, -0.1) is 10.2 Å². The minimum atomic E-state index is -0.232. The van der Waals surface area contributed by atoms with Crippen LogP contribution in [-0.4, -0.2) is 49.8 Å². The number of ether oxygens (including phenoxy) is 1. The number of nitrogens with zero attached hydrogens (tertiary/aromatic N) is 4. The highest BCUT2D eigenvalue weighted by Gasteiger charge is 2.22. The van der Waals surface area contributed by atoms with Crippen LogP contribution in [-0.2, 0) is 11.2 Å². The topological polar surface area (TPSA) is 97.2 Å². The number of carbonyl (C=O) groups excluding carboxylic acids is 1. The molecule has 0 fully saturated rings. The Morgan fingerprint density at radius 3 is 2.78 bits per heavy atom. The van der Waals surface area contributed by atoms with E-state index in [2.05, 4.69) is 32.0 Å². The van der Waals surface area contributed by atoms with E-state index in [4.69, 9.17) is 4.74 Å². The first-order valence-electron chi connectivity index (χ1n) is 10.4. The van der Waals surface area contributed by atoms with Crippen molar-refractivity contribution in [3.8, 4) is 17.0 Å². The molecule has 9 heteroatoms. The summed E-state index contributed by atoms with van der Waals surface area (Å²) in [6.45, 7) is 1.93. The molecule has 8 nitrogen and oxygen atoms in total. The number of nitrogens with one attached hydrogen (secondary N) is 2. The van der Waals surface area contributed by atoms with Crippen LogP contribution in [0.15, 0.2) is 48.7 Å².